The number of nitrogens with two attached hydrogens (primary N) is 1. The highest BCUT2D eigenvalue weighted by atomic mass is 16.2. The van der Waals surface area contributed by atoms with Crippen LogP contribution in [0.25, 0.3) is 11.0 Å². The molecule has 3 N–H and O–H groups in total. The molecule has 5 heteroatoms. The second-order valence-electron chi connectivity index (χ2n) is 5.34. The minimum atomic E-state index is -0.982. The van der Waals surface area contributed by atoms with Crippen LogP contribution in [0, 0.1) is 0 Å². The highest BCUT2D eigenvalue weighted by Gasteiger charge is 2.35. The molecule has 2 aromatic rings. The first-order valence-corrected chi connectivity index (χ1v) is 6.61. The van der Waals surface area contributed by atoms with Crippen molar-refractivity contribution in [3.8, 4) is 0 Å². The first-order chi connectivity index (χ1) is 9.09. The van der Waals surface area contributed by atoms with E-state index < -0.39 is 5.54 Å². The molecule has 1 fully saturated rings. The van der Waals surface area contributed by atoms with E-state index in [0.717, 1.165) is 42.5 Å². The topological polar surface area (TPSA) is 75.0 Å². The monoisotopic (exact) mass is 258 g/mol. The Labute approximate surface area is 111 Å². The Balaban J connectivity index is 1.95. The van der Waals surface area contributed by atoms with Crippen molar-refractivity contribution in [3.05, 3.63) is 30.1 Å². The molecule has 0 aliphatic carbocycles. The molecule has 1 atom stereocenters. The molecular weight excluding hydrogens is 240 g/mol. The van der Waals surface area contributed by atoms with Gasteiger partial charge >= 0.3 is 0 Å². The van der Waals surface area contributed by atoms with E-state index in [-0.39, 0.29) is 5.91 Å². The number of nitrogens with zero attached hydrogens (tertiary/aromatic N) is 2. The van der Waals surface area contributed by atoms with Crippen LogP contribution >= 0.6 is 0 Å². The molecular formula is C14H18N4O. The molecule has 0 saturated carbocycles. The fourth-order valence-corrected chi connectivity index (χ4v) is 2.63. The number of carbonyl (C=O) groups is 1. The Kier molecular flexibility index (Phi) is 2.78. The van der Waals surface area contributed by atoms with Gasteiger partial charge in [-0.15, -0.1) is 0 Å². The SMILES string of the molecule is CC(N)(C(=O)N1CCCC1)c1ccc2nc[nH]c2c1. The number of hydrogen-bond donors (Lipinski definition) is 2. The lowest BCUT2D eigenvalue weighted by Crippen LogP contribution is -2.50. The van der Waals surface area contributed by atoms with Crippen LogP contribution < -0.4 is 5.73 Å². The molecule has 0 bridgehead atoms. The summed E-state index contributed by atoms with van der Waals surface area (Å²) in [5.74, 6) is 0.00358. The molecule has 1 saturated heterocycles. The predicted octanol–water partition coefficient (Wildman–Crippen LogP) is 1.36. The fourth-order valence-electron chi connectivity index (χ4n) is 2.63. The van der Waals surface area contributed by atoms with Gasteiger partial charge < -0.3 is 15.6 Å². The molecule has 1 aromatic carbocycles. The van der Waals surface area contributed by atoms with Gasteiger partial charge in [0.1, 0.15) is 5.54 Å². The number of H-pyrrole nitrogens is 1. The maximum atomic E-state index is 12.5. The summed E-state index contributed by atoms with van der Waals surface area (Å²) in [5, 5.41) is 0. The maximum Gasteiger partial charge on any atom is 0.246 e. The lowest BCUT2D eigenvalue weighted by Gasteiger charge is -2.29. The van der Waals surface area contributed by atoms with E-state index in [1.807, 2.05) is 23.1 Å². The minimum absolute atomic E-state index is 0.00358. The third kappa shape index (κ3) is 2.00. The Morgan fingerprint density at radius 3 is 2.89 bits per heavy atom. The Morgan fingerprint density at radius 1 is 1.42 bits per heavy atom. The number of likely N-dealkylation sites (tertiary alicyclic amines) is 1. The summed E-state index contributed by atoms with van der Waals surface area (Å²) in [5.41, 5.74) is 7.92. The summed E-state index contributed by atoms with van der Waals surface area (Å²) in [6.07, 6.45) is 3.79. The van der Waals surface area contributed by atoms with Gasteiger partial charge in [-0.3, -0.25) is 4.79 Å². The molecule has 0 radical (unpaired) electrons. The van der Waals surface area contributed by atoms with Gasteiger partial charge in [-0.1, -0.05) is 6.07 Å². The van der Waals surface area contributed by atoms with Gasteiger partial charge in [0.25, 0.3) is 0 Å². The number of nitrogens with one attached hydrogen (secondary N) is 1. The Bertz CT molecular complexity index is 611. The number of hydrogen-bond acceptors (Lipinski definition) is 3. The van der Waals surface area contributed by atoms with Gasteiger partial charge in [0, 0.05) is 13.1 Å². The molecule has 2 heterocycles. The van der Waals surface area contributed by atoms with Crippen molar-refractivity contribution < 1.29 is 4.79 Å². The number of rotatable bonds is 2. The van der Waals surface area contributed by atoms with E-state index in [0.29, 0.717) is 0 Å². The fraction of sp³-hybridized carbons (Fsp3) is 0.429. The van der Waals surface area contributed by atoms with E-state index in [4.69, 9.17) is 5.73 Å². The normalized spacial score (nSPS) is 18.7. The van der Waals surface area contributed by atoms with Crippen LogP contribution in [-0.4, -0.2) is 33.9 Å². The van der Waals surface area contributed by atoms with Crippen LogP contribution in [0.2, 0.25) is 0 Å². The van der Waals surface area contributed by atoms with Crippen LogP contribution in [0.15, 0.2) is 24.5 Å². The average Bonchev–Trinajstić information content (AvgIpc) is 3.07. The zero-order chi connectivity index (χ0) is 13.5. The van der Waals surface area contributed by atoms with E-state index in [1.165, 1.54) is 0 Å². The maximum absolute atomic E-state index is 12.5. The molecule has 1 aliphatic heterocycles. The van der Waals surface area contributed by atoms with Gasteiger partial charge in [-0.2, -0.15) is 0 Å². The number of imidazole rings is 1. The van der Waals surface area contributed by atoms with Crippen molar-refractivity contribution in [1.29, 1.82) is 0 Å². The molecule has 100 valence electrons. The Morgan fingerprint density at radius 2 is 2.16 bits per heavy atom. The second-order valence-corrected chi connectivity index (χ2v) is 5.34. The van der Waals surface area contributed by atoms with Gasteiger partial charge in [-0.05, 0) is 37.5 Å². The molecule has 1 unspecified atom stereocenters. The number of carbonyl (C=O) groups excluding carboxylic acids is 1. The van der Waals surface area contributed by atoms with Crippen molar-refractivity contribution >= 4 is 16.9 Å². The van der Waals surface area contributed by atoms with Gasteiger partial charge in [0.2, 0.25) is 5.91 Å². The highest BCUT2D eigenvalue weighted by molar-refractivity contribution is 5.88. The second kappa shape index (κ2) is 4.35. The summed E-state index contributed by atoms with van der Waals surface area (Å²) >= 11 is 0. The Hall–Kier alpha value is -1.88. The quantitative estimate of drug-likeness (QED) is 0.854. The van der Waals surface area contributed by atoms with E-state index in [1.54, 1.807) is 13.3 Å². The number of aromatic nitrogens is 2. The van der Waals surface area contributed by atoms with E-state index in [9.17, 15) is 4.79 Å². The third-order valence-corrected chi connectivity index (χ3v) is 3.86. The summed E-state index contributed by atoms with van der Waals surface area (Å²) in [7, 11) is 0. The first kappa shape index (κ1) is 12.2. The molecule has 3 rings (SSSR count). The predicted molar refractivity (Wildman–Crippen MR) is 73.4 cm³/mol. The van der Waals surface area contributed by atoms with E-state index >= 15 is 0 Å². The number of aromatic amines is 1. The summed E-state index contributed by atoms with van der Waals surface area (Å²) in [4.78, 5) is 21.6. The van der Waals surface area contributed by atoms with Crippen LogP contribution in [0.4, 0.5) is 0 Å². The number of fused-ring (bicyclic) bond motifs is 1. The van der Waals surface area contributed by atoms with E-state index in [2.05, 4.69) is 9.97 Å². The third-order valence-electron chi connectivity index (χ3n) is 3.86. The molecule has 1 amide bonds. The van der Waals surface area contributed by atoms with Crippen molar-refractivity contribution in [2.75, 3.05) is 13.1 Å². The zero-order valence-corrected chi connectivity index (χ0v) is 11.0. The summed E-state index contributed by atoms with van der Waals surface area (Å²) < 4.78 is 0. The molecule has 1 aromatic heterocycles. The van der Waals surface area contributed by atoms with Crippen LogP contribution in [0.3, 0.4) is 0 Å². The van der Waals surface area contributed by atoms with Crippen molar-refractivity contribution in [3.63, 3.8) is 0 Å². The number of benzene rings is 1. The van der Waals surface area contributed by atoms with Crippen molar-refractivity contribution in [2.24, 2.45) is 5.73 Å². The number of amides is 1. The molecule has 1 aliphatic rings. The van der Waals surface area contributed by atoms with Gasteiger partial charge in [0.15, 0.2) is 0 Å². The van der Waals surface area contributed by atoms with Gasteiger partial charge in [-0.25, -0.2) is 4.98 Å². The van der Waals surface area contributed by atoms with Crippen LogP contribution in [0.5, 0.6) is 0 Å². The average molecular weight is 258 g/mol. The van der Waals surface area contributed by atoms with Crippen molar-refractivity contribution in [1.82, 2.24) is 14.9 Å². The largest absolute Gasteiger partial charge is 0.345 e. The lowest BCUT2D eigenvalue weighted by molar-refractivity contribution is -0.135. The van der Waals surface area contributed by atoms with Gasteiger partial charge in [0.05, 0.1) is 17.4 Å². The lowest BCUT2D eigenvalue weighted by atomic mass is 9.91. The highest BCUT2D eigenvalue weighted by Crippen LogP contribution is 2.25. The standard InChI is InChI=1S/C14H18N4O/c1-14(15,13(19)18-6-2-3-7-18)10-4-5-11-12(8-10)17-9-16-11/h4-5,8-9H,2-3,6-7,15H2,1H3,(H,16,17). The smallest absolute Gasteiger partial charge is 0.246 e. The summed E-state index contributed by atoms with van der Waals surface area (Å²) in [6.45, 7) is 3.42. The van der Waals surface area contributed by atoms with Crippen LogP contribution in [-0.2, 0) is 10.3 Å². The summed E-state index contributed by atoms with van der Waals surface area (Å²) in [6, 6.07) is 5.69. The minimum Gasteiger partial charge on any atom is -0.345 e. The zero-order valence-electron chi connectivity index (χ0n) is 11.0. The van der Waals surface area contributed by atoms with Crippen LogP contribution in [0.1, 0.15) is 25.3 Å². The first-order valence-electron chi connectivity index (χ1n) is 6.61. The molecule has 5 nitrogen and oxygen atoms in total. The van der Waals surface area contributed by atoms with Crippen molar-refractivity contribution in [2.45, 2.75) is 25.3 Å². The molecule has 0 spiro atoms. The molecule has 19 heavy (non-hydrogen) atoms.